The second-order valence-corrected chi connectivity index (χ2v) is 11.1. The van der Waals surface area contributed by atoms with Crippen molar-refractivity contribution in [2.24, 2.45) is 4.99 Å². The first-order valence-corrected chi connectivity index (χ1v) is 13.5. The normalized spacial score (nSPS) is 14.2. The van der Waals surface area contributed by atoms with Crippen LogP contribution < -0.4 is 14.3 Å². The van der Waals surface area contributed by atoms with Crippen molar-refractivity contribution in [2.45, 2.75) is 18.4 Å². The molecule has 0 bridgehead atoms. The number of carbonyl (C=O) groups excluding carboxylic acids is 1. The molecule has 0 spiro atoms. The Hall–Kier alpha value is -2.30. The van der Waals surface area contributed by atoms with Gasteiger partial charge in [-0.3, -0.25) is 4.79 Å². The number of fused-ring (bicyclic) bond motifs is 2. The van der Waals surface area contributed by atoms with Crippen LogP contribution >= 0.6 is 23.1 Å². The van der Waals surface area contributed by atoms with Crippen molar-refractivity contribution in [1.29, 1.82) is 0 Å². The maximum atomic E-state index is 12.6. The molecule has 0 fully saturated rings. The molecule has 0 atom stereocenters. The summed E-state index contributed by atoms with van der Waals surface area (Å²) < 4.78 is 39.4. The first-order valence-electron chi connectivity index (χ1n) is 9.66. The summed E-state index contributed by atoms with van der Waals surface area (Å²) in [6.07, 6.45) is 2.00. The third-order valence-corrected chi connectivity index (χ3v) is 8.03. The molecule has 0 N–H and O–H groups in total. The standard InChI is InChI=1S/C21H22N2O5S3/c1-14-3-5-15(6-4-14)31(25,26)13-20(24)22-21-23(7-10-29-2)16-11-17-18(12-19(16)30-21)28-9-8-27-17/h3-6,11-12H,7-10,13H2,1-2H3. The molecule has 2 heterocycles. The number of nitrogens with zero attached hydrogens (tertiary/aromatic N) is 2. The van der Waals surface area contributed by atoms with Gasteiger partial charge in [0.15, 0.2) is 26.1 Å². The van der Waals surface area contributed by atoms with Crippen LogP contribution in [0.3, 0.4) is 0 Å². The van der Waals surface area contributed by atoms with Crippen molar-refractivity contribution in [3.8, 4) is 11.5 Å². The highest BCUT2D eigenvalue weighted by Crippen LogP contribution is 2.35. The molecular weight excluding hydrogens is 456 g/mol. The average molecular weight is 479 g/mol. The number of hydrogen-bond donors (Lipinski definition) is 0. The number of aromatic nitrogens is 1. The molecule has 1 aliphatic heterocycles. The van der Waals surface area contributed by atoms with Crippen LogP contribution in [-0.4, -0.2) is 49.9 Å². The molecule has 0 saturated carbocycles. The Balaban J connectivity index is 1.71. The van der Waals surface area contributed by atoms with Crippen LogP contribution in [0.15, 0.2) is 46.3 Å². The molecule has 0 aliphatic carbocycles. The van der Waals surface area contributed by atoms with E-state index < -0.39 is 21.5 Å². The van der Waals surface area contributed by atoms with Gasteiger partial charge in [-0.1, -0.05) is 29.0 Å². The van der Waals surface area contributed by atoms with E-state index in [2.05, 4.69) is 4.99 Å². The zero-order valence-electron chi connectivity index (χ0n) is 17.2. The van der Waals surface area contributed by atoms with Gasteiger partial charge < -0.3 is 14.0 Å². The van der Waals surface area contributed by atoms with Crippen LogP contribution in [0.4, 0.5) is 0 Å². The van der Waals surface area contributed by atoms with Crippen molar-refractivity contribution in [3.05, 3.63) is 46.8 Å². The lowest BCUT2D eigenvalue weighted by Gasteiger charge is -2.18. The molecular formula is C21H22N2O5S3. The number of hydrogen-bond acceptors (Lipinski definition) is 7. The van der Waals surface area contributed by atoms with Gasteiger partial charge in [-0.15, -0.1) is 0 Å². The van der Waals surface area contributed by atoms with Crippen molar-refractivity contribution in [1.82, 2.24) is 4.57 Å². The van der Waals surface area contributed by atoms with Gasteiger partial charge >= 0.3 is 0 Å². The third kappa shape index (κ3) is 4.81. The van der Waals surface area contributed by atoms with Crippen LogP contribution in [0.25, 0.3) is 10.2 Å². The Morgan fingerprint density at radius 2 is 1.84 bits per heavy atom. The van der Waals surface area contributed by atoms with E-state index in [-0.39, 0.29) is 4.90 Å². The summed E-state index contributed by atoms with van der Waals surface area (Å²) in [5, 5.41) is 0. The van der Waals surface area contributed by atoms with Crippen molar-refractivity contribution < 1.29 is 22.7 Å². The Kier molecular flexibility index (Phi) is 6.40. The molecule has 164 valence electrons. The van der Waals surface area contributed by atoms with Crippen molar-refractivity contribution in [2.75, 3.05) is 31.0 Å². The number of thioether (sulfide) groups is 1. The number of sulfone groups is 1. The summed E-state index contributed by atoms with van der Waals surface area (Å²) in [4.78, 5) is 17.4. The summed E-state index contributed by atoms with van der Waals surface area (Å²) in [5.74, 6) is 0.784. The predicted molar refractivity (Wildman–Crippen MR) is 123 cm³/mol. The van der Waals surface area contributed by atoms with Gasteiger partial charge in [0.1, 0.15) is 19.0 Å². The average Bonchev–Trinajstić information content (AvgIpc) is 3.05. The van der Waals surface area contributed by atoms with E-state index in [9.17, 15) is 13.2 Å². The van der Waals surface area contributed by atoms with Crippen molar-refractivity contribution >= 4 is 49.1 Å². The SMILES string of the molecule is CSCCn1c(=NC(=O)CS(=O)(=O)c2ccc(C)cc2)sc2cc3c(cc21)OCCO3. The van der Waals surface area contributed by atoms with Crippen molar-refractivity contribution in [3.63, 3.8) is 0 Å². The summed E-state index contributed by atoms with van der Waals surface area (Å²) in [6.45, 7) is 3.49. The summed E-state index contributed by atoms with van der Waals surface area (Å²) in [5.41, 5.74) is 1.84. The minimum Gasteiger partial charge on any atom is -0.486 e. The Morgan fingerprint density at radius 1 is 1.16 bits per heavy atom. The largest absolute Gasteiger partial charge is 0.486 e. The number of ether oxygens (including phenoxy) is 2. The van der Waals surface area contributed by atoms with Gasteiger partial charge in [0.05, 0.1) is 15.1 Å². The first-order chi connectivity index (χ1) is 14.9. The van der Waals surface area contributed by atoms with Crippen LogP contribution in [0.1, 0.15) is 5.56 Å². The van der Waals surface area contributed by atoms with E-state index in [0.717, 1.165) is 21.5 Å². The number of benzene rings is 2. The summed E-state index contributed by atoms with van der Waals surface area (Å²) >= 11 is 3.01. The van der Waals surface area contributed by atoms with Gasteiger partial charge in [0, 0.05) is 24.4 Å². The second-order valence-electron chi connectivity index (χ2n) is 7.07. The highest BCUT2D eigenvalue weighted by atomic mass is 32.2. The van der Waals surface area contributed by atoms with E-state index in [4.69, 9.17) is 9.47 Å². The lowest BCUT2D eigenvalue weighted by Crippen LogP contribution is -2.21. The molecule has 31 heavy (non-hydrogen) atoms. The highest BCUT2D eigenvalue weighted by Gasteiger charge is 2.20. The number of carbonyl (C=O) groups is 1. The van der Waals surface area contributed by atoms with Gasteiger partial charge in [-0.2, -0.15) is 16.8 Å². The van der Waals surface area contributed by atoms with E-state index in [1.54, 1.807) is 23.9 Å². The number of amides is 1. The van der Waals surface area contributed by atoms with E-state index in [1.807, 2.05) is 29.9 Å². The first kappa shape index (κ1) is 21.9. The smallest absolute Gasteiger partial charge is 0.263 e. The maximum Gasteiger partial charge on any atom is 0.263 e. The van der Waals surface area contributed by atoms with Crippen LogP contribution in [0, 0.1) is 6.92 Å². The van der Waals surface area contributed by atoms with Crippen LogP contribution in [0.5, 0.6) is 11.5 Å². The fourth-order valence-electron chi connectivity index (χ4n) is 3.22. The minimum atomic E-state index is -3.76. The van der Waals surface area contributed by atoms with Gasteiger partial charge in [-0.05, 0) is 25.3 Å². The third-order valence-electron chi connectivity index (χ3n) is 4.78. The van der Waals surface area contributed by atoms with Gasteiger partial charge in [-0.25, -0.2) is 8.42 Å². The number of aryl methyl sites for hydroxylation is 2. The fourth-order valence-corrected chi connectivity index (χ4v) is 5.78. The highest BCUT2D eigenvalue weighted by molar-refractivity contribution is 7.98. The maximum absolute atomic E-state index is 12.6. The number of rotatable bonds is 6. The molecule has 4 rings (SSSR count). The summed E-state index contributed by atoms with van der Waals surface area (Å²) in [6, 6.07) is 10.2. The van der Waals surface area contributed by atoms with E-state index >= 15 is 0 Å². The second kappa shape index (κ2) is 9.05. The molecule has 0 radical (unpaired) electrons. The zero-order valence-corrected chi connectivity index (χ0v) is 19.6. The molecule has 7 nitrogen and oxygen atoms in total. The molecule has 10 heteroatoms. The molecule has 0 unspecified atom stereocenters. The predicted octanol–water partition coefficient (Wildman–Crippen LogP) is 3.05. The topological polar surface area (TPSA) is 87.0 Å². The fraction of sp³-hybridized carbons (Fsp3) is 0.333. The molecule has 1 aliphatic rings. The number of thiazole rings is 1. The zero-order chi connectivity index (χ0) is 22.0. The molecule has 0 saturated heterocycles. The lowest BCUT2D eigenvalue weighted by molar-refractivity contribution is -0.115. The molecule has 1 aromatic heterocycles. The van der Waals surface area contributed by atoms with E-state index in [1.165, 1.54) is 23.5 Å². The Bertz CT molecular complexity index is 1290. The monoisotopic (exact) mass is 478 g/mol. The van der Waals surface area contributed by atoms with E-state index in [0.29, 0.717) is 36.1 Å². The molecule has 1 amide bonds. The molecule has 3 aromatic rings. The Labute approximate surface area is 188 Å². The minimum absolute atomic E-state index is 0.121. The molecule has 2 aromatic carbocycles. The van der Waals surface area contributed by atoms with Gasteiger partial charge in [0.25, 0.3) is 5.91 Å². The summed E-state index contributed by atoms with van der Waals surface area (Å²) in [7, 11) is -3.76. The Morgan fingerprint density at radius 3 is 2.52 bits per heavy atom. The van der Waals surface area contributed by atoms with Gasteiger partial charge in [0.2, 0.25) is 0 Å². The lowest BCUT2D eigenvalue weighted by atomic mass is 10.2. The quantitative estimate of drug-likeness (QED) is 0.541. The van der Waals surface area contributed by atoms with Crippen LogP contribution in [0.2, 0.25) is 0 Å². The van der Waals surface area contributed by atoms with Crippen LogP contribution in [-0.2, 0) is 21.2 Å².